The van der Waals surface area contributed by atoms with E-state index in [2.05, 4.69) is 28.7 Å². The zero-order valence-corrected chi connectivity index (χ0v) is 15.4. The van der Waals surface area contributed by atoms with Crippen molar-refractivity contribution in [2.45, 2.75) is 57.4 Å². The van der Waals surface area contributed by atoms with Crippen molar-refractivity contribution in [3.8, 4) is 0 Å². The third kappa shape index (κ3) is 2.94. The molecule has 1 aromatic heterocycles. The summed E-state index contributed by atoms with van der Waals surface area (Å²) in [5, 5.41) is 13.6. The number of rotatable bonds is 3. The Kier molecular flexibility index (Phi) is 4.26. The topological polar surface area (TPSA) is 61.6 Å². The number of likely N-dealkylation sites (tertiary alicyclic amines) is 2. The van der Waals surface area contributed by atoms with Crippen LogP contribution in [0, 0.1) is 5.41 Å². The molecule has 6 nitrogen and oxygen atoms in total. The average Bonchev–Trinajstić information content (AvgIpc) is 3.18. The lowest BCUT2D eigenvalue weighted by atomic mass is 9.64. The van der Waals surface area contributed by atoms with Crippen LogP contribution >= 0.6 is 0 Å². The lowest BCUT2D eigenvalue weighted by Gasteiger charge is -2.51. The lowest BCUT2D eigenvalue weighted by molar-refractivity contribution is -0.00419. The summed E-state index contributed by atoms with van der Waals surface area (Å²) < 4.78 is 2.08. The minimum absolute atomic E-state index is 0.289. The highest BCUT2D eigenvalue weighted by atomic mass is 16.4. The number of carboxylic acid groups (broad SMARTS) is 1. The van der Waals surface area contributed by atoms with Gasteiger partial charge in [-0.3, -0.25) is 4.68 Å². The van der Waals surface area contributed by atoms with E-state index >= 15 is 0 Å². The Labute approximate surface area is 149 Å². The molecule has 2 aliphatic heterocycles. The number of carbonyl (C=O) groups is 1. The van der Waals surface area contributed by atoms with Crippen LogP contribution in [0.1, 0.15) is 56.2 Å². The summed E-state index contributed by atoms with van der Waals surface area (Å²) in [4.78, 5) is 15.4. The minimum atomic E-state index is -0.746. The predicted octanol–water partition coefficient (Wildman–Crippen LogP) is 2.69. The lowest BCUT2D eigenvalue weighted by Crippen LogP contribution is -2.54. The van der Waals surface area contributed by atoms with Crippen LogP contribution in [0.2, 0.25) is 0 Å². The number of hydrogen-bond donors (Lipinski definition) is 1. The van der Waals surface area contributed by atoms with Gasteiger partial charge in [-0.05, 0) is 62.6 Å². The zero-order chi connectivity index (χ0) is 17.6. The van der Waals surface area contributed by atoms with E-state index in [0.717, 1.165) is 25.9 Å². The number of nitrogens with zero attached hydrogens (tertiary/aromatic N) is 4. The molecule has 25 heavy (non-hydrogen) atoms. The Morgan fingerprint density at radius 2 is 2.04 bits per heavy atom. The summed E-state index contributed by atoms with van der Waals surface area (Å²) in [7, 11) is 2.07. The molecule has 4 rings (SSSR count). The Morgan fingerprint density at radius 3 is 2.64 bits per heavy atom. The van der Waals surface area contributed by atoms with Crippen molar-refractivity contribution in [1.82, 2.24) is 19.6 Å². The second kappa shape index (κ2) is 6.31. The third-order valence-electron chi connectivity index (χ3n) is 6.92. The van der Waals surface area contributed by atoms with Gasteiger partial charge in [0.05, 0.1) is 6.20 Å². The summed E-state index contributed by atoms with van der Waals surface area (Å²) in [6, 6.07) is 0.673. The van der Waals surface area contributed by atoms with Crippen molar-refractivity contribution in [2.24, 2.45) is 12.5 Å². The number of amides is 1. The standard InChI is InChI=1S/C19H30N4O2/c1-3-14-12-20-21(2)17(14)15-4-7-22(8-5-15)16-10-19(11-16)6-9-23(13-19)18(24)25/h12,15-16H,3-11,13H2,1-2H3,(H,24,25). The first-order valence-electron chi connectivity index (χ1n) is 9.74. The molecule has 1 aliphatic carbocycles. The molecule has 1 aromatic rings. The van der Waals surface area contributed by atoms with Crippen LogP contribution in [0.4, 0.5) is 4.79 Å². The predicted molar refractivity (Wildman–Crippen MR) is 95.8 cm³/mol. The Hall–Kier alpha value is -1.56. The van der Waals surface area contributed by atoms with Crippen LogP contribution in [0.25, 0.3) is 0 Å². The van der Waals surface area contributed by atoms with Crippen molar-refractivity contribution >= 4 is 6.09 Å². The van der Waals surface area contributed by atoms with Gasteiger partial charge in [0.25, 0.3) is 0 Å². The number of aromatic nitrogens is 2. The maximum Gasteiger partial charge on any atom is 0.407 e. The van der Waals surface area contributed by atoms with Crippen molar-refractivity contribution < 1.29 is 9.90 Å². The van der Waals surface area contributed by atoms with Gasteiger partial charge in [-0.1, -0.05) is 6.92 Å². The van der Waals surface area contributed by atoms with E-state index in [1.807, 2.05) is 6.20 Å². The smallest absolute Gasteiger partial charge is 0.407 e. The van der Waals surface area contributed by atoms with E-state index in [1.54, 1.807) is 4.90 Å². The minimum Gasteiger partial charge on any atom is -0.465 e. The van der Waals surface area contributed by atoms with E-state index in [1.165, 1.54) is 50.0 Å². The molecule has 0 aromatic carbocycles. The fraction of sp³-hybridized carbons (Fsp3) is 0.789. The molecule has 0 atom stereocenters. The highest BCUT2D eigenvalue weighted by Gasteiger charge is 2.51. The van der Waals surface area contributed by atoms with Gasteiger partial charge in [-0.2, -0.15) is 5.10 Å². The molecule has 0 radical (unpaired) electrons. The normalized spacial score (nSPS) is 30.8. The number of piperidine rings is 1. The van der Waals surface area contributed by atoms with Crippen LogP contribution in [0.15, 0.2) is 6.20 Å². The molecule has 6 heteroatoms. The first-order valence-corrected chi connectivity index (χ1v) is 9.74. The summed E-state index contributed by atoms with van der Waals surface area (Å²) in [6.45, 7) is 6.03. The van der Waals surface area contributed by atoms with Gasteiger partial charge >= 0.3 is 6.09 Å². The molecule has 0 bridgehead atoms. The molecule has 138 valence electrons. The quantitative estimate of drug-likeness (QED) is 0.914. The molecule has 1 spiro atoms. The van der Waals surface area contributed by atoms with Crippen LogP contribution in [0.3, 0.4) is 0 Å². The largest absolute Gasteiger partial charge is 0.465 e. The van der Waals surface area contributed by atoms with Crippen molar-refractivity contribution in [3.05, 3.63) is 17.5 Å². The van der Waals surface area contributed by atoms with Gasteiger partial charge in [0.2, 0.25) is 0 Å². The van der Waals surface area contributed by atoms with Crippen LogP contribution in [-0.2, 0) is 13.5 Å². The van der Waals surface area contributed by atoms with E-state index in [-0.39, 0.29) is 5.41 Å². The highest BCUT2D eigenvalue weighted by molar-refractivity contribution is 5.65. The van der Waals surface area contributed by atoms with Crippen molar-refractivity contribution in [2.75, 3.05) is 26.2 Å². The Bertz CT molecular complexity index is 642. The van der Waals surface area contributed by atoms with Gasteiger partial charge in [-0.15, -0.1) is 0 Å². The zero-order valence-electron chi connectivity index (χ0n) is 15.4. The van der Waals surface area contributed by atoms with E-state index in [9.17, 15) is 9.90 Å². The highest BCUT2D eigenvalue weighted by Crippen LogP contribution is 2.50. The number of hydrogen-bond acceptors (Lipinski definition) is 3. The Morgan fingerprint density at radius 1 is 1.32 bits per heavy atom. The van der Waals surface area contributed by atoms with Gasteiger partial charge < -0.3 is 14.9 Å². The molecular weight excluding hydrogens is 316 g/mol. The van der Waals surface area contributed by atoms with Gasteiger partial charge in [-0.25, -0.2) is 4.79 Å². The number of aryl methyl sites for hydroxylation is 2. The maximum absolute atomic E-state index is 11.1. The summed E-state index contributed by atoms with van der Waals surface area (Å²) >= 11 is 0. The monoisotopic (exact) mass is 346 g/mol. The molecule has 1 N–H and O–H groups in total. The first-order chi connectivity index (χ1) is 12.0. The first kappa shape index (κ1) is 16.9. The van der Waals surface area contributed by atoms with E-state index in [4.69, 9.17) is 0 Å². The molecule has 2 saturated heterocycles. The van der Waals surface area contributed by atoms with E-state index in [0.29, 0.717) is 12.0 Å². The van der Waals surface area contributed by atoms with Crippen molar-refractivity contribution in [1.29, 1.82) is 0 Å². The second-order valence-corrected chi connectivity index (χ2v) is 8.36. The van der Waals surface area contributed by atoms with Crippen LogP contribution < -0.4 is 0 Å². The molecule has 1 saturated carbocycles. The molecule has 3 aliphatic rings. The van der Waals surface area contributed by atoms with E-state index < -0.39 is 6.09 Å². The molecular formula is C19H30N4O2. The fourth-order valence-electron chi connectivity index (χ4n) is 5.46. The van der Waals surface area contributed by atoms with Crippen LogP contribution in [0.5, 0.6) is 0 Å². The molecule has 3 heterocycles. The molecule has 0 unspecified atom stereocenters. The van der Waals surface area contributed by atoms with Gasteiger partial charge in [0.1, 0.15) is 0 Å². The van der Waals surface area contributed by atoms with Gasteiger partial charge in [0.15, 0.2) is 0 Å². The molecule has 1 amide bonds. The summed E-state index contributed by atoms with van der Waals surface area (Å²) in [5.41, 5.74) is 3.14. The average molecular weight is 346 g/mol. The van der Waals surface area contributed by atoms with Crippen LogP contribution in [-0.4, -0.2) is 63.0 Å². The summed E-state index contributed by atoms with van der Waals surface area (Å²) in [5.74, 6) is 0.640. The fourth-order valence-corrected chi connectivity index (χ4v) is 5.46. The van der Waals surface area contributed by atoms with Crippen molar-refractivity contribution in [3.63, 3.8) is 0 Å². The SMILES string of the molecule is CCc1cnn(C)c1C1CCN(C2CC3(CCN(C(=O)O)C3)C2)CC1. The Balaban J connectivity index is 1.31. The third-order valence-corrected chi connectivity index (χ3v) is 6.92. The summed E-state index contributed by atoms with van der Waals surface area (Å²) in [6.07, 6.45) is 8.22. The second-order valence-electron chi connectivity index (χ2n) is 8.36. The molecule has 3 fully saturated rings. The maximum atomic E-state index is 11.1. The van der Waals surface area contributed by atoms with Gasteiger partial charge in [0, 0.05) is 37.8 Å².